The summed E-state index contributed by atoms with van der Waals surface area (Å²) in [5, 5.41) is 13.7. The molecule has 104 valence electrons. The first-order valence-electron chi connectivity index (χ1n) is 6.03. The summed E-state index contributed by atoms with van der Waals surface area (Å²) in [7, 11) is 0. The number of nitro benzene ring substituents is 1. The Labute approximate surface area is 120 Å². The lowest BCUT2D eigenvalue weighted by Gasteiger charge is -2.25. The predicted octanol–water partition coefficient (Wildman–Crippen LogP) is 3.67. The fraction of sp³-hybridized carbons (Fsp3) is 0.462. The zero-order chi connectivity index (χ0) is 14.6. The molecule has 0 unspecified atom stereocenters. The summed E-state index contributed by atoms with van der Waals surface area (Å²) in [4.78, 5) is 22.4. The lowest BCUT2D eigenvalue weighted by Crippen LogP contribution is -2.43. The fourth-order valence-corrected chi connectivity index (χ4v) is 2.25. The van der Waals surface area contributed by atoms with Crippen LogP contribution in [0.2, 0.25) is 0 Å². The lowest BCUT2D eigenvalue weighted by molar-refractivity contribution is -0.385. The van der Waals surface area contributed by atoms with Gasteiger partial charge in [0.2, 0.25) is 0 Å². The van der Waals surface area contributed by atoms with Crippen LogP contribution in [0.4, 0.5) is 5.69 Å². The van der Waals surface area contributed by atoms with Gasteiger partial charge in [0.1, 0.15) is 0 Å². The van der Waals surface area contributed by atoms with E-state index in [1.165, 1.54) is 12.1 Å². The molecule has 1 amide bonds. The molecule has 0 fully saturated rings. The van der Waals surface area contributed by atoms with Crippen LogP contribution >= 0.6 is 15.9 Å². The third-order valence-corrected chi connectivity index (χ3v) is 3.40. The van der Waals surface area contributed by atoms with Gasteiger partial charge in [-0.1, -0.05) is 13.3 Å². The van der Waals surface area contributed by atoms with Crippen molar-refractivity contribution in [1.82, 2.24) is 5.32 Å². The Morgan fingerprint density at radius 2 is 2.11 bits per heavy atom. The number of rotatable bonds is 5. The number of nitrogens with zero attached hydrogens (tertiary/aromatic N) is 1. The highest BCUT2D eigenvalue weighted by Gasteiger charge is 2.22. The van der Waals surface area contributed by atoms with Crippen molar-refractivity contribution >= 4 is 27.5 Å². The fourth-order valence-electron chi connectivity index (χ4n) is 1.86. The maximum Gasteiger partial charge on any atom is 0.284 e. The number of nitro groups is 1. The number of amides is 1. The van der Waals surface area contributed by atoms with Crippen LogP contribution in [-0.2, 0) is 0 Å². The van der Waals surface area contributed by atoms with Crippen LogP contribution in [0.1, 0.15) is 44.0 Å². The summed E-state index contributed by atoms with van der Waals surface area (Å²) >= 11 is 3.09. The van der Waals surface area contributed by atoms with Gasteiger partial charge in [0.15, 0.2) is 0 Å². The van der Waals surface area contributed by atoms with E-state index in [0.29, 0.717) is 10.0 Å². The van der Waals surface area contributed by atoms with Crippen LogP contribution in [-0.4, -0.2) is 16.4 Å². The van der Waals surface area contributed by atoms with Crippen molar-refractivity contribution in [2.24, 2.45) is 0 Å². The molecule has 5 nitrogen and oxygen atoms in total. The van der Waals surface area contributed by atoms with Crippen molar-refractivity contribution in [3.8, 4) is 0 Å². The van der Waals surface area contributed by atoms with Crippen LogP contribution in [0.3, 0.4) is 0 Å². The molecule has 0 spiro atoms. The van der Waals surface area contributed by atoms with Crippen molar-refractivity contribution in [1.29, 1.82) is 0 Å². The molecular weight excluding hydrogens is 312 g/mol. The molecule has 1 rings (SSSR count). The van der Waals surface area contributed by atoms with Gasteiger partial charge in [0.05, 0.1) is 9.40 Å². The van der Waals surface area contributed by atoms with E-state index in [1.54, 1.807) is 6.07 Å². The molecule has 0 atom stereocenters. The van der Waals surface area contributed by atoms with Gasteiger partial charge < -0.3 is 5.32 Å². The maximum atomic E-state index is 12.1. The Balaban J connectivity index is 2.95. The topological polar surface area (TPSA) is 72.2 Å². The molecule has 0 heterocycles. The highest BCUT2D eigenvalue weighted by molar-refractivity contribution is 9.10. The molecule has 19 heavy (non-hydrogen) atoms. The van der Waals surface area contributed by atoms with E-state index in [2.05, 4.69) is 21.2 Å². The number of nitrogens with one attached hydrogen (secondary N) is 1. The van der Waals surface area contributed by atoms with Gasteiger partial charge >= 0.3 is 0 Å². The number of carbonyl (C=O) groups excluding carboxylic acids is 1. The van der Waals surface area contributed by atoms with Crippen molar-refractivity contribution < 1.29 is 9.72 Å². The Hall–Kier alpha value is -1.43. The highest BCUT2D eigenvalue weighted by Crippen LogP contribution is 2.26. The molecule has 0 aliphatic rings. The molecule has 0 radical (unpaired) electrons. The molecule has 0 aliphatic carbocycles. The van der Waals surface area contributed by atoms with Crippen molar-refractivity contribution in [2.45, 2.75) is 39.2 Å². The monoisotopic (exact) mass is 328 g/mol. The molecule has 0 bridgehead atoms. The average molecular weight is 329 g/mol. The van der Waals surface area contributed by atoms with Crippen LogP contribution in [0, 0.1) is 10.1 Å². The van der Waals surface area contributed by atoms with Gasteiger partial charge in [0, 0.05) is 17.2 Å². The number of carbonyl (C=O) groups is 1. The number of hydrogen-bond acceptors (Lipinski definition) is 3. The van der Waals surface area contributed by atoms with E-state index in [-0.39, 0.29) is 17.1 Å². The second kappa shape index (κ2) is 6.14. The van der Waals surface area contributed by atoms with E-state index < -0.39 is 4.92 Å². The quantitative estimate of drug-likeness (QED) is 0.662. The predicted molar refractivity (Wildman–Crippen MR) is 77.2 cm³/mol. The lowest BCUT2D eigenvalue weighted by atomic mass is 9.98. The number of hydrogen-bond donors (Lipinski definition) is 1. The van der Waals surface area contributed by atoms with Crippen LogP contribution in [0.25, 0.3) is 0 Å². The van der Waals surface area contributed by atoms with Crippen molar-refractivity contribution in [3.05, 3.63) is 38.3 Å². The standard InChI is InChI=1S/C13H17BrN2O3/c1-4-7-13(2,3)15-12(17)9-5-6-10(14)11(8-9)16(18)19/h5-6,8H,4,7H2,1-3H3,(H,15,17). The smallest absolute Gasteiger partial charge is 0.284 e. The minimum absolute atomic E-state index is 0.110. The second-order valence-corrected chi connectivity index (χ2v) is 5.87. The molecule has 1 N–H and O–H groups in total. The van der Waals surface area contributed by atoms with Crippen LogP contribution in [0.15, 0.2) is 22.7 Å². The molecule has 0 aromatic heterocycles. The van der Waals surface area contributed by atoms with Gasteiger partial charge in [-0.3, -0.25) is 14.9 Å². The molecular formula is C13H17BrN2O3. The largest absolute Gasteiger partial charge is 0.347 e. The summed E-state index contributed by atoms with van der Waals surface area (Å²) in [6.07, 6.45) is 1.80. The third kappa shape index (κ3) is 4.31. The van der Waals surface area contributed by atoms with Crippen molar-refractivity contribution in [2.75, 3.05) is 0 Å². The summed E-state index contributed by atoms with van der Waals surface area (Å²) in [5.41, 5.74) is -0.145. The molecule has 0 aliphatic heterocycles. The summed E-state index contributed by atoms with van der Waals surface area (Å²) in [6, 6.07) is 4.36. The summed E-state index contributed by atoms with van der Waals surface area (Å²) in [5.74, 6) is -0.297. The molecule has 0 saturated heterocycles. The molecule has 0 saturated carbocycles. The van der Waals surface area contributed by atoms with Gasteiger partial charge in [-0.05, 0) is 48.3 Å². The zero-order valence-corrected chi connectivity index (χ0v) is 12.8. The summed E-state index contributed by atoms with van der Waals surface area (Å²) in [6.45, 7) is 5.90. The SMILES string of the molecule is CCCC(C)(C)NC(=O)c1ccc(Br)c([N+](=O)[O-])c1. The van der Waals surface area contributed by atoms with E-state index in [0.717, 1.165) is 12.8 Å². The normalized spacial score (nSPS) is 11.2. The van der Waals surface area contributed by atoms with Crippen LogP contribution < -0.4 is 5.32 Å². The first-order chi connectivity index (χ1) is 8.76. The van der Waals surface area contributed by atoms with Gasteiger partial charge in [-0.25, -0.2) is 0 Å². The molecule has 1 aromatic carbocycles. The third-order valence-electron chi connectivity index (χ3n) is 2.73. The number of halogens is 1. The van der Waals surface area contributed by atoms with E-state index in [1.807, 2.05) is 20.8 Å². The zero-order valence-electron chi connectivity index (χ0n) is 11.2. The first-order valence-corrected chi connectivity index (χ1v) is 6.82. The Kier molecular flexibility index (Phi) is 5.05. The number of benzene rings is 1. The van der Waals surface area contributed by atoms with E-state index in [9.17, 15) is 14.9 Å². The van der Waals surface area contributed by atoms with E-state index >= 15 is 0 Å². The van der Waals surface area contributed by atoms with E-state index in [4.69, 9.17) is 0 Å². The minimum atomic E-state index is -0.516. The van der Waals surface area contributed by atoms with Crippen molar-refractivity contribution in [3.63, 3.8) is 0 Å². The van der Waals surface area contributed by atoms with Gasteiger partial charge in [-0.15, -0.1) is 0 Å². The first kappa shape index (κ1) is 15.6. The second-order valence-electron chi connectivity index (χ2n) is 5.01. The average Bonchev–Trinajstić information content (AvgIpc) is 2.28. The Bertz CT molecular complexity index is 501. The summed E-state index contributed by atoms with van der Waals surface area (Å²) < 4.78 is 0.363. The molecule has 6 heteroatoms. The van der Waals surface area contributed by atoms with Gasteiger partial charge in [-0.2, -0.15) is 0 Å². The minimum Gasteiger partial charge on any atom is -0.347 e. The van der Waals surface area contributed by atoms with Crippen LogP contribution in [0.5, 0.6) is 0 Å². The van der Waals surface area contributed by atoms with Gasteiger partial charge in [0.25, 0.3) is 11.6 Å². The Morgan fingerprint density at radius 1 is 1.47 bits per heavy atom. The molecule has 1 aromatic rings. The highest BCUT2D eigenvalue weighted by atomic mass is 79.9. The maximum absolute atomic E-state index is 12.1. The Morgan fingerprint density at radius 3 is 2.63 bits per heavy atom.